The summed E-state index contributed by atoms with van der Waals surface area (Å²) < 4.78 is 11.0. The minimum atomic E-state index is -1.50. The number of furan rings is 1. The Bertz CT molecular complexity index is 1060. The fourth-order valence-electron chi connectivity index (χ4n) is 4.28. The second-order valence-electron chi connectivity index (χ2n) is 10.6. The van der Waals surface area contributed by atoms with Gasteiger partial charge >= 0.3 is 0 Å². The lowest BCUT2D eigenvalue weighted by molar-refractivity contribution is -0.0711. The molecule has 1 aromatic heterocycles. The molecule has 0 unspecified atom stereocenters. The molecule has 15 heteroatoms. The van der Waals surface area contributed by atoms with Gasteiger partial charge in [-0.05, 0) is 29.8 Å². The number of ether oxygens (including phenoxy) is 1. The normalized spacial score (nSPS) is 17.4. The minimum absolute atomic E-state index is 0.0666. The van der Waals surface area contributed by atoms with Crippen LogP contribution in [0.2, 0.25) is 0 Å². The van der Waals surface area contributed by atoms with Crippen LogP contribution in [0.4, 0.5) is 0 Å². The van der Waals surface area contributed by atoms with E-state index in [9.17, 15) is 45.6 Å². The van der Waals surface area contributed by atoms with E-state index in [0.717, 1.165) is 17.3 Å². The molecule has 44 heavy (non-hydrogen) atoms. The summed E-state index contributed by atoms with van der Waals surface area (Å²) in [5.41, 5.74) is 0.820. The lowest BCUT2D eigenvalue weighted by Crippen LogP contribution is -2.46. The summed E-state index contributed by atoms with van der Waals surface area (Å²) in [5, 5.41) is 98.5. The smallest absolute Gasteiger partial charge is 0.254 e. The molecule has 14 nitrogen and oxygen atoms in total. The number of hydrogen-bond donors (Lipinski definition) is 10. The number of benzene rings is 1. The third kappa shape index (κ3) is 13.9. The van der Waals surface area contributed by atoms with Crippen molar-refractivity contribution >= 4 is 16.9 Å². The molecule has 0 spiro atoms. The third-order valence-corrected chi connectivity index (χ3v) is 7.76. The molecular formula is C29H45NO13S. The number of nitrogens with zero attached hydrogens (tertiary/aromatic N) is 1. The van der Waals surface area contributed by atoms with Crippen LogP contribution in [0.15, 0.2) is 47.1 Å². The predicted octanol–water partition coefficient (Wildman–Crippen LogP) is -1.92. The highest BCUT2D eigenvalue weighted by molar-refractivity contribution is 8.13. The van der Waals surface area contributed by atoms with E-state index >= 15 is 0 Å². The Morgan fingerprint density at radius 2 is 1.43 bits per heavy atom. The first-order chi connectivity index (χ1) is 20.9. The first-order valence-electron chi connectivity index (χ1n) is 14.2. The summed E-state index contributed by atoms with van der Waals surface area (Å²) in [6.07, 6.45) is -10.8. The third-order valence-electron chi connectivity index (χ3n) is 6.82. The van der Waals surface area contributed by atoms with Gasteiger partial charge in [0, 0.05) is 44.6 Å². The molecule has 0 aliphatic heterocycles. The minimum Gasteiger partial charge on any atom is -0.492 e. The average Bonchev–Trinajstić information content (AvgIpc) is 3.54. The van der Waals surface area contributed by atoms with E-state index in [1.54, 1.807) is 30.3 Å². The van der Waals surface area contributed by atoms with Crippen molar-refractivity contribution in [2.24, 2.45) is 0 Å². The maximum Gasteiger partial charge on any atom is 0.254 e. The van der Waals surface area contributed by atoms with Gasteiger partial charge in [-0.3, -0.25) is 9.69 Å². The maximum atomic E-state index is 12.2. The number of carbonyl (C=O) groups is 1. The summed E-state index contributed by atoms with van der Waals surface area (Å²) >= 11 is 1.07. The highest BCUT2D eigenvalue weighted by Gasteiger charge is 2.28. The van der Waals surface area contributed by atoms with Gasteiger partial charge in [-0.25, -0.2) is 0 Å². The van der Waals surface area contributed by atoms with E-state index < -0.39 is 68.5 Å². The van der Waals surface area contributed by atoms with Gasteiger partial charge in [-0.2, -0.15) is 0 Å². The molecule has 0 bridgehead atoms. The predicted molar refractivity (Wildman–Crippen MR) is 159 cm³/mol. The van der Waals surface area contributed by atoms with Gasteiger partial charge in [0.2, 0.25) is 0 Å². The molecule has 0 aliphatic carbocycles. The monoisotopic (exact) mass is 647 g/mol. The lowest BCUT2D eigenvalue weighted by atomic mass is 10.0. The molecule has 0 saturated heterocycles. The van der Waals surface area contributed by atoms with Crippen LogP contribution in [0.25, 0.3) is 0 Å². The maximum absolute atomic E-state index is 12.2. The van der Waals surface area contributed by atoms with Crippen LogP contribution in [0, 0.1) is 0 Å². The van der Waals surface area contributed by atoms with Crippen molar-refractivity contribution in [3.05, 3.63) is 54.0 Å². The molecule has 0 radical (unpaired) electrons. The molecule has 1 aromatic carbocycles. The zero-order chi connectivity index (χ0) is 32.6. The Hall–Kier alpha value is -2.12. The van der Waals surface area contributed by atoms with Crippen LogP contribution >= 0.6 is 11.8 Å². The van der Waals surface area contributed by atoms with Crippen LogP contribution < -0.4 is 4.74 Å². The molecule has 10 N–H and O–H groups in total. The van der Waals surface area contributed by atoms with Gasteiger partial charge in [-0.1, -0.05) is 23.9 Å². The molecule has 1 heterocycles. The summed E-state index contributed by atoms with van der Waals surface area (Å²) in [6, 6.07) is 10.3. The topological polar surface area (TPSA) is 245 Å². The van der Waals surface area contributed by atoms with Gasteiger partial charge in [0.05, 0.1) is 62.2 Å². The largest absolute Gasteiger partial charge is 0.492 e. The van der Waals surface area contributed by atoms with Crippen molar-refractivity contribution < 1.29 is 65.0 Å². The highest BCUT2D eigenvalue weighted by atomic mass is 32.2. The number of thioether (sulfide) groups is 1. The molecule has 0 aliphatic rings. The Kier molecular flexibility index (Phi) is 17.4. The van der Waals surface area contributed by atoms with E-state index in [-0.39, 0.29) is 50.0 Å². The number of aliphatic hydroxyl groups is 10. The SMILES string of the molecule is O=C(SCc1cccc(OCCN(C[C@@H](O)C[C@@H](O)[C@H](O)C[C@H](O)CO)C[C@@H](O)[C@@H](O)C[C@H](O)[C@H](O)CO)c1)c1ccco1. The van der Waals surface area contributed by atoms with Crippen molar-refractivity contribution in [2.75, 3.05) is 39.5 Å². The average molecular weight is 648 g/mol. The van der Waals surface area contributed by atoms with Gasteiger partial charge in [0.15, 0.2) is 5.76 Å². The van der Waals surface area contributed by atoms with E-state index in [1.807, 2.05) is 6.07 Å². The zero-order valence-corrected chi connectivity index (χ0v) is 25.1. The standard InChI is InChI=1S/C29H45NO13S/c31-15-20(34)11-23(36)22(35)10-19(33)13-30(14-26(39)24(37)12-25(38)27(40)16-32)6-8-42-21-4-1-3-18(9-21)17-44-29(41)28-5-2-7-43-28/h1-5,7,9,19-20,22-27,31-40H,6,8,10-17H2/t19-,20-,22+,23+,24-,25-,26+,27+/m0/s1. The van der Waals surface area contributed by atoms with E-state index in [1.165, 1.54) is 11.2 Å². The van der Waals surface area contributed by atoms with Gasteiger partial charge in [0.25, 0.3) is 5.12 Å². The first kappa shape index (κ1) is 38.1. The van der Waals surface area contributed by atoms with Gasteiger partial charge < -0.3 is 60.2 Å². The highest BCUT2D eigenvalue weighted by Crippen LogP contribution is 2.22. The number of rotatable bonds is 22. The second kappa shape index (κ2) is 20.1. The molecule has 0 amide bonds. The summed E-state index contributed by atoms with van der Waals surface area (Å²) in [7, 11) is 0. The quantitative estimate of drug-likeness (QED) is 0.0669. The van der Waals surface area contributed by atoms with Crippen molar-refractivity contribution in [1.29, 1.82) is 0 Å². The Morgan fingerprint density at radius 1 is 0.773 bits per heavy atom. The van der Waals surface area contributed by atoms with Crippen LogP contribution in [-0.4, -0.2) is 149 Å². The number of hydrogen-bond acceptors (Lipinski definition) is 15. The van der Waals surface area contributed by atoms with Gasteiger partial charge in [0.1, 0.15) is 18.5 Å². The lowest BCUT2D eigenvalue weighted by Gasteiger charge is -2.31. The molecule has 0 fully saturated rings. The van der Waals surface area contributed by atoms with Crippen molar-refractivity contribution in [1.82, 2.24) is 4.90 Å². The van der Waals surface area contributed by atoms with Crippen molar-refractivity contribution in [3.63, 3.8) is 0 Å². The zero-order valence-electron chi connectivity index (χ0n) is 24.3. The summed E-state index contributed by atoms with van der Waals surface area (Å²) in [5.74, 6) is 1.12. The van der Waals surface area contributed by atoms with E-state index in [0.29, 0.717) is 11.5 Å². The van der Waals surface area contributed by atoms with Crippen LogP contribution in [-0.2, 0) is 5.75 Å². The van der Waals surface area contributed by atoms with Crippen LogP contribution in [0.3, 0.4) is 0 Å². The Labute approximate surface area is 259 Å². The van der Waals surface area contributed by atoms with Gasteiger partial charge in [-0.15, -0.1) is 0 Å². The molecular weight excluding hydrogens is 602 g/mol. The number of aliphatic hydroxyl groups excluding tert-OH is 10. The number of carbonyl (C=O) groups excluding carboxylic acids is 1. The molecule has 0 saturated carbocycles. The van der Waals surface area contributed by atoms with Crippen molar-refractivity contribution in [3.8, 4) is 5.75 Å². The molecule has 2 rings (SSSR count). The van der Waals surface area contributed by atoms with E-state index in [4.69, 9.17) is 19.4 Å². The molecule has 8 atom stereocenters. The van der Waals surface area contributed by atoms with Crippen molar-refractivity contribution in [2.45, 2.75) is 73.8 Å². The van der Waals surface area contributed by atoms with Crippen LogP contribution in [0.1, 0.15) is 35.4 Å². The Balaban J connectivity index is 1.98. The molecule has 250 valence electrons. The van der Waals surface area contributed by atoms with E-state index in [2.05, 4.69) is 0 Å². The fourth-order valence-corrected chi connectivity index (χ4v) is 5.01. The second-order valence-corrected chi connectivity index (χ2v) is 11.5. The summed E-state index contributed by atoms with van der Waals surface area (Å²) in [4.78, 5) is 13.7. The van der Waals surface area contributed by atoms with Crippen LogP contribution in [0.5, 0.6) is 5.75 Å². The summed E-state index contributed by atoms with van der Waals surface area (Å²) in [6.45, 7) is -1.49. The first-order valence-corrected chi connectivity index (χ1v) is 15.2. The fraction of sp³-hybridized carbons (Fsp3) is 0.621. The molecule has 2 aromatic rings. The Morgan fingerprint density at radius 3 is 2.07 bits per heavy atom.